The smallest absolute Gasteiger partial charge is 0.317 e. The van der Waals surface area contributed by atoms with Gasteiger partial charge in [-0.25, -0.2) is 13.2 Å². The van der Waals surface area contributed by atoms with Gasteiger partial charge in [0.15, 0.2) is 0 Å². The van der Waals surface area contributed by atoms with Crippen molar-refractivity contribution in [3.8, 4) is 0 Å². The Labute approximate surface area is 130 Å². The minimum Gasteiger partial charge on any atom is -0.336 e. The molecular formula is C15H19N3O3S. The van der Waals surface area contributed by atoms with Crippen molar-refractivity contribution in [3.63, 3.8) is 0 Å². The predicted molar refractivity (Wildman–Crippen MR) is 82.0 cm³/mol. The Morgan fingerprint density at radius 3 is 2.50 bits per heavy atom. The molecule has 3 aliphatic rings. The molecule has 0 aromatic heterocycles. The second-order valence-corrected chi connectivity index (χ2v) is 8.38. The molecule has 6 nitrogen and oxygen atoms in total. The third-order valence-electron chi connectivity index (χ3n) is 4.86. The molecule has 4 rings (SSSR count). The van der Waals surface area contributed by atoms with E-state index in [0.29, 0.717) is 32.6 Å². The summed E-state index contributed by atoms with van der Waals surface area (Å²) in [7, 11) is -3.23. The number of rotatable bonds is 4. The highest BCUT2D eigenvalue weighted by atomic mass is 32.2. The number of hydrogen-bond acceptors (Lipinski definition) is 3. The van der Waals surface area contributed by atoms with Crippen molar-refractivity contribution in [3.05, 3.63) is 35.9 Å². The lowest BCUT2D eigenvalue weighted by molar-refractivity contribution is 0.124. The number of carbonyl (C=O) groups excluding carboxylic acids is 1. The van der Waals surface area contributed by atoms with Crippen LogP contribution < -0.4 is 5.32 Å². The highest BCUT2D eigenvalue weighted by molar-refractivity contribution is 7.90. The van der Waals surface area contributed by atoms with Crippen LogP contribution in [0.5, 0.6) is 0 Å². The van der Waals surface area contributed by atoms with Gasteiger partial charge in [0.1, 0.15) is 0 Å². The molecule has 2 heterocycles. The lowest BCUT2D eigenvalue weighted by atomic mass is 10.1. The van der Waals surface area contributed by atoms with Crippen molar-refractivity contribution in [2.24, 2.45) is 0 Å². The van der Waals surface area contributed by atoms with Gasteiger partial charge < -0.3 is 10.2 Å². The number of nitrogens with zero attached hydrogens (tertiary/aromatic N) is 2. The van der Waals surface area contributed by atoms with Gasteiger partial charge in [-0.05, 0) is 12.0 Å². The van der Waals surface area contributed by atoms with E-state index < -0.39 is 10.0 Å². The van der Waals surface area contributed by atoms with E-state index in [0.717, 1.165) is 5.56 Å². The molecule has 1 aliphatic carbocycles. The first kappa shape index (κ1) is 14.0. The van der Waals surface area contributed by atoms with Crippen LogP contribution >= 0.6 is 0 Å². The molecule has 22 heavy (non-hydrogen) atoms. The van der Waals surface area contributed by atoms with Crippen LogP contribution in [0.1, 0.15) is 17.9 Å². The molecule has 2 aliphatic heterocycles. The minimum atomic E-state index is -3.23. The fourth-order valence-corrected chi connectivity index (χ4v) is 5.57. The topological polar surface area (TPSA) is 69.7 Å². The van der Waals surface area contributed by atoms with E-state index in [4.69, 9.17) is 0 Å². The van der Waals surface area contributed by atoms with Crippen LogP contribution in [0.25, 0.3) is 0 Å². The summed E-state index contributed by atoms with van der Waals surface area (Å²) in [6.45, 7) is 2.20. The molecule has 1 aromatic rings. The van der Waals surface area contributed by atoms with Gasteiger partial charge in [0.05, 0.1) is 11.3 Å². The molecule has 1 aromatic carbocycles. The summed E-state index contributed by atoms with van der Waals surface area (Å²) in [6.07, 6.45) is 0.706. The molecule has 2 unspecified atom stereocenters. The van der Waals surface area contributed by atoms with E-state index in [-0.39, 0.29) is 23.2 Å². The number of carbonyl (C=O) groups is 1. The van der Waals surface area contributed by atoms with E-state index in [1.54, 1.807) is 4.90 Å². The summed E-state index contributed by atoms with van der Waals surface area (Å²) >= 11 is 0. The van der Waals surface area contributed by atoms with Gasteiger partial charge in [0.25, 0.3) is 0 Å². The third-order valence-corrected chi connectivity index (χ3v) is 7.17. The minimum absolute atomic E-state index is 0.0335. The Morgan fingerprint density at radius 2 is 1.86 bits per heavy atom. The van der Waals surface area contributed by atoms with Gasteiger partial charge in [-0.1, -0.05) is 30.3 Å². The molecule has 2 saturated heterocycles. The van der Waals surface area contributed by atoms with Crippen molar-refractivity contribution in [1.29, 1.82) is 0 Å². The zero-order chi connectivity index (χ0) is 15.3. The van der Waals surface area contributed by atoms with Crippen molar-refractivity contribution >= 4 is 16.1 Å². The molecule has 118 valence electrons. The van der Waals surface area contributed by atoms with Crippen LogP contribution in [0.15, 0.2) is 30.3 Å². The van der Waals surface area contributed by atoms with Crippen molar-refractivity contribution in [1.82, 2.24) is 14.5 Å². The first-order valence-corrected chi connectivity index (χ1v) is 9.16. The van der Waals surface area contributed by atoms with Gasteiger partial charge >= 0.3 is 6.03 Å². The van der Waals surface area contributed by atoms with E-state index >= 15 is 0 Å². The number of hydrogen-bond donors (Lipinski definition) is 1. The maximum atomic E-state index is 12.6. The first-order chi connectivity index (χ1) is 10.6. The molecule has 2 amide bonds. The largest absolute Gasteiger partial charge is 0.336 e. The van der Waals surface area contributed by atoms with Gasteiger partial charge in [0, 0.05) is 32.1 Å². The van der Waals surface area contributed by atoms with Crippen molar-refractivity contribution in [2.45, 2.75) is 23.6 Å². The summed E-state index contributed by atoms with van der Waals surface area (Å²) in [4.78, 5) is 13.3. The standard InChI is InChI=1S/C15H19N3O3S/c19-15-16-6-7-18(15)12-9-17(10-12)22(20,21)14-8-13(14)11-4-2-1-3-5-11/h1-5,12-14H,6-10H2,(H,16,19). The normalized spacial score (nSPS) is 29.3. The monoisotopic (exact) mass is 321 g/mol. The molecule has 0 bridgehead atoms. The molecule has 3 fully saturated rings. The summed E-state index contributed by atoms with van der Waals surface area (Å²) < 4.78 is 26.8. The predicted octanol–water partition coefficient (Wildman–Crippen LogP) is 0.582. The number of urea groups is 1. The van der Waals surface area contributed by atoms with Crippen LogP contribution in [-0.4, -0.2) is 61.1 Å². The molecule has 1 saturated carbocycles. The molecular weight excluding hydrogens is 302 g/mol. The Morgan fingerprint density at radius 1 is 1.14 bits per heavy atom. The fraction of sp³-hybridized carbons (Fsp3) is 0.533. The van der Waals surface area contributed by atoms with Gasteiger partial charge in [0.2, 0.25) is 10.0 Å². The molecule has 0 radical (unpaired) electrons. The van der Waals surface area contributed by atoms with Crippen LogP contribution in [0.4, 0.5) is 4.79 Å². The number of sulfonamides is 1. The van der Waals surface area contributed by atoms with Crippen LogP contribution in [-0.2, 0) is 10.0 Å². The highest BCUT2D eigenvalue weighted by Crippen LogP contribution is 2.47. The van der Waals surface area contributed by atoms with E-state index in [1.807, 2.05) is 30.3 Å². The Kier molecular flexibility index (Phi) is 3.16. The molecule has 2 atom stereocenters. The maximum Gasteiger partial charge on any atom is 0.317 e. The SMILES string of the molecule is O=C1NCCN1C1CN(S(=O)(=O)C2CC2c2ccccc2)C1. The summed E-state index contributed by atoms with van der Waals surface area (Å²) in [6, 6.07) is 9.78. The van der Waals surface area contributed by atoms with Gasteiger partial charge in [-0.3, -0.25) is 0 Å². The number of amides is 2. The van der Waals surface area contributed by atoms with E-state index in [9.17, 15) is 13.2 Å². The average Bonchev–Trinajstić information content (AvgIpc) is 3.17. The van der Waals surface area contributed by atoms with Crippen LogP contribution in [0, 0.1) is 0 Å². The van der Waals surface area contributed by atoms with E-state index in [2.05, 4.69) is 5.32 Å². The average molecular weight is 321 g/mol. The van der Waals surface area contributed by atoms with Gasteiger partial charge in [-0.15, -0.1) is 0 Å². The zero-order valence-corrected chi connectivity index (χ0v) is 13.0. The third kappa shape index (κ3) is 2.19. The highest BCUT2D eigenvalue weighted by Gasteiger charge is 2.53. The van der Waals surface area contributed by atoms with Crippen molar-refractivity contribution < 1.29 is 13.2 Å². The first-order valence-electron chi connectivity index (χ1n) is 7.66. The number of benzene rings is 1. The lowest BCUT2D eigenvalue weighted by Crippen LogP contribution is -2.62. The second kappa shape index (κ2) is 4.96. The molecule has 7 heteroatoms. The van der Waals surface area contributed by atoms with Crippen LogP contribution in [0.3, 0.4) is 0 Å². The maximum absolute atomic E-state index is 12.6. The second-order valence-electron chi connectivity index (χ2n) is 6.23. The molecule has 1 N–H and O–H groups in total. The fourth-order valence-electron chi connectivity index (χ4n) is 3.40. The lowest BCUT2D eigenvalue weighted by Gasteiger charge is -2.42. The molecule has 0 spiro atoms. The zero-order valence-electron chi connectivity index (χ0n) is 12.2. The summed E-state index contributed by atoms with van der Waals surface area (Å²) in [5.41, 5.74) is 1.10. The Balaban J connectivity index is 1.39. The van der Waals surface area contributed by atoms with Crippen molar-refractivity contribution in [2.75, 3.05) is 26.2 Å². The summed E-state index contributed by atoms with van der Waals surface area (Å²) in [5, 5.41) is 2.47. The number of nitrogens with one attached hydrogen (secondary N) is 1. The van der Waals surface area contributed by atoms with Crippen LogP contribution in [0.2, 0.25) is 0 Å². The quantitative estimate of drug-likeness (QED) is 0.882. The Bertz CT molecular complexity index is 685. The summed E-state index contributed by atoms with van der Waals surface area (Å²) in [5.74, 6) is 0.125. The Hall–Kier alpha value is -1.60. The van der Waals surface area contributed by atoms with E-state index in [1.165, 1.54) is 4.31 Å². The van der Waals surface area contributed by atoms with Gasteiger partial charge in [-0.2, -0.15) is 4.31 Å².